The molecule has 0 saturated carbocycles. The molecular formula is C23H18ClN3O2. The number of anilines is 1. The molecule has 0 fully saturated rings. The maximum atomic E-state index is 13.2. The first kappa shape index (κ1) is 18.9. The van der Waals surface area contributed by atoms with Crippen molar-refractivity contribution in [3.63, 3.8) is 0 Å². The van der Waals surface area contributed by atoms with Crippen molar-refractivity contribution in [3.8, 4) is 0 Å². The van der Waals surface area contributed by atoms with Crippen LogP contribution in [-0.2, 0) is 17.9 Å². The van der Waals surface area contributed by atoms with Gasteiger partial charge >= 0.3 is 0 Å². The summed E-state index contributed by atoms with van der Waals surface area (Å²) in [6, 6.07) is 18.4. The van der Waals surface area contributed by atoms with Crippen LogP contribution < -0.4 is 10.2 Å². The molecule has 1 amide bonds. The van der Waals surface area contributed by atoms with Crippen LogP contribution in [0.25, 0.3) is 0 Å². The fraction of sp³-hybridized carbons (Fsp3) is 0.0870. The van der Waals surface area contributed by atoms with Gasteiger partial charge in [-0.25, -0.2) is 0 Å². The molecule has 29 heavy (non-hydrogen) atoms. The average molecular weight is 404 g/mol. The molecule has 6 heteroatoms. The van der Waals surface area contributed by atoms with Crippen molar-refractivity contribution in [1.29, 1.82) is 0 Å². The smallest absolute Gasteiger partial charge is 0.264 e. The van der Waals surface area contributed by atoms with Crippen LogP contribution in [0.1, 0.15) is 21.5 Å². The standard InChI is InChI=1S/C23H18ClN3O2/c24-18-6-7-19-21(12-18)27(15-17-4-2-1-3-5-17)23(29)20(22(19)28)14-26-13-16-8-10-25-11-9-16/h1-12,14,26H,13,15H2/b20-14+. The van der Waals surface area contributed by atoms with Gasteiger partial charge < -0.3 is 10.2 Å². The van der Waals surface area contributed by atoms with Crippen LogP contribution in [0.5, 0.6) is 0 Å². The second kappa shape index (κ2) is 8.29. The third kappa shape index (κ3) is 4.05. The number of benzene rings is 2. The van der Waals surface area contributed by atoms with E-state index in [1.807, 2.05) is 42.5 Å². The van der Waals surface area contributed by atoms with Crippen molar-refractivity contribution >= 4 is 29.0 Å². The minimum absolute atomic E-state index is 0.102. The van der Waals surface area contributed by atoms with E-state index in [4.69, 9.17) is 11.6 Å². The molecule has 1 aromatic heterocycles. The quantitative estimate of drug-likeness (QED) is 0.513. The number of hydrogen-bond acceptors (Lipinski definition) is 4. The van der Waals surface area contributed by atoms with E-state index in [0.717, 1.165) is 11.1 Å². The molecule has 5 nitrogen and oxygen atoms in total. The summed E-state index contributed by atoms with van der Waals surface area (Å²) < 4.78 is 0. The first-order valence-corrected chi connectivity index (χ1v) is 9.54. The Morgan fingerprint density at radius 1 is 0.966 bits per heavy atom. The van der Waals surface area contributed by atoms with E-state index >= 15 is 0 Å². The van der Waals surface area contributed by atoms with Gasteiger partial charge in [-0.3, -0.25) is 14.6 Å². The highest BCUT2D eigenvalue weighted by Gasteiger charge is 2.34. The van der Waals surface area contributed by atoms with E-state index < -0.39 is 0 Å². The number of carbonyl (C=O) groups is 2. The Morgan fingerprint density at radius 2 is 1.72 bits per heavy atom. The number of Topliss-reactive ketones (excluding diaryl/α,β-unsaturated/α-hetero) is 1. The number of fused-ring (bicyclic) bond motifs is 1. The maximum absolute atomic E-state index is 13.2. The van der Waals surface area contributed by atoms with Crippen LogP contribution in [0.3, 0.4) is 0 Å². The molecule has 1 aliphatic rings. The number of hydrogen-bond donors (Lipinski definition) is 1. The van der Waals surface area contributed by atoms with E-state index in [9.17, 15) is 9.59 Å². The molecular weight excluding hydrogens is 386 g/mol. The van der Waals surface area contributed by atoms with Gasteiger partial charge in [0, 0.05) is 35.7 Å². The summed E-state index contributed by atoms with van der Waals surface area (Å²) >= 11 is 6.15. The average Bonchev–Trinajstić information content (AvgIpc) is 2.75. The Morgan fingerprint density at radius 3 is 2.48 bits per heavy atom. The Labute approximate surface area is 173 Å². The van der Waals surface area contributed by atoms with Gasteiger partial charge in [-0.15, -0.1) is 0 Å². The molecule has 1 N–H and O–H groups in total. The van der Waals surface area contributed by atoms with Crippen LogP contribution >= 0.6 is 11.6 Å². The molecule has 0 unspecified atom stereocenters. The van der Waals surface area contributed by atoms with Crippen molar-refractivity contribution < 1.29 is 9.59 Å². The highest BCUT2D eigenvalue weighted by atomic mass is 35.5. The normalized spacial score (nSPS) is 14.8. The van der Waals surface area contributed by atoms with E-state index in [0.29, 0.717) is 29.4 Å². The number of halogens is 1. The van der Waals surface area contributed by atoms with Crippen LogP contribution in [0.2, 0.25) is 5.02 Å². The minimum Gasteiger partial charge on any atom is -0.386 e. The van der Waals surface area contributed by atoms with E-state index in [-0.39, 0.29) is 17.3 Å². The first-order chi connectivity index (χ1) is 14.1. The molecule has 0 aliphatic carbocycles. The van der Waals surface area contributed by atoms with Crippen molar-refractivity contribution in [2.24, 2.45) is 0 Å². The molecule has 3 aromatic rings. The lowest BCUT2D eigenvalue weighted by atomic mass is 9.95. The zero-order valence-corrected chi connectivity index (χ0v) is 16.3. The summed E-state index contributed by atoms with van der Waals surface area (Å²) in [5.74, 6) is -0.663. The molecule has 4 rings (SSSR count). The number of nitrogens with one attached hydrogen (secondary N) is 1. The van der Waals surface area contributed by atoms with Crippen LogP contribution in [0.4, 0.5) is 5.69 Å². The van der Waals surface area contributed by atoms with Gasteiger partial charge in [0.2, 0.25) is 5.78 Å². The highest BCUT2D eigenvalue weighted by molar-refractivity contribution is 6.36. The SMILES string of the molecule is O=C1/C(=C\NCc2ccncc2)C(=O)N(Cc2ccccc2)c2cc(Cl)ccc21. The molecule has 0 bridgehead atoms. The lowest BCUT2D eigenvalue weighted by Gasteiger charge is -2.30. The van der Waals surface area contributed by atoms with E-state index in [2.05, 4.69) is 10.3 Å². The first-order valence-electron chi connectivity index (χ1n) is 9.16. The van der Waals surface area contributed by atoms with Gasteiger partial charge in [-0.2, -0.15) is 0 Å². The Kier molecular flexibility index (Phi) is 5.40. The molecule has 144 valence electrons. The number of nitrogens with zero attached hydrogens (tertiary/aromatic N) is 2. The van der Waals surface area contributed by atoms with Gasteiger partial charge in [0.25, 0.3) is 5.91 Å². The fourth-order valence-corrected chi connectivity index (χ4v) is 3.41. The van der Waals surface area contributed by atoms with Gasteiger partial charge in [0.15, 0.2) is 0 Å². The zero-order chi connectivity index (χ0) is 20.2. The summed E-state index contributed by atoms with van der Waals surface area (Å²) in [6.07, 6.45) is 4.89. The molecule has 0 atom stereocenters. The summed E-state index contributed by atoms with van der Waals surface area (Å²) in [5, 5.41) is 3.55. The summed E-state index contributed by atoms with van der Waals surface area (Å²) in [7, 11) is 0. The molecule has 2 aromatic carbocycles. The summed E-state index contributed by atoms with van der Waals surface area (Å²) in [5.41, 5.74) is 3.06. The molecule has 0 radical (unpaired) electrons. The third-order valence-corrected chi connectivity index (χ3v) is 4.94. The topological polar surface area (TPSA) is 62.3 Å². The lowest BCUT2D eigenvalue weighted by molar-refractivity contribution is -0.115. The van der Waals surface area contributed by atoms with E-state index in [1.165, 1.54) is 6.20 Å². The molecule has 0 saturated heterocycles. The number of amides is 1. The minimum atomic E-state index is -0.351. The number of carbonyl (C=O) groups excluding carboxylic acids is 2. The second-order valence-corrected chi connectivity index (χ2v) is 7.10. The maximum Gasteiger partial charge on any atom is 0.264 e. The number of pyridine rings is 1. The highest BCUT2D eigenvalue weighted by Crippen LogP contribution is 2.33. The molecule has 1 aliphatic heterocycles. The predicted octanol–water partition coefficient (Wildman–Crippen LogP) is 4.14. The predicted molar refractivity (Wildman–Crippen MR) is 113 cm³/mol. The summed E-state index contributed by atoms with van der Waals surface area (Å²) in [6.45, 7) is 0.834. The van der Waals surface area contributed by atoms with Crippen molar-refractivity contribution in [2.75, 3.05) is 4.90 Å². The van der Waals surface area contributed by atoms with E-state index in [1.54, 1.807) is 35.5 Å². The van der Waals surface area contributed by atoms with Gasteiger partial charge in [-0.1, -0.05) is 41.9 Å². The van der Waals surface area contributed by atoms with Gasteiger partial charge in [0.05, 0.1) is 12.2 Å². The monoisotopic (exact) mass is 403 g/mol. The van der Waals surface area contributed by atoms with Crippen LogP contribution in [-0.4, -0.2) is 16.7 Å². The largest absolute Gasteiger partial charge is 0.386 e. The zero-order valence-electron chi connectivity index (χ0n) is 15.5. The number of aromatic nitrogens is 1. The second-order valence-electron chi connectivity index (χ2n) is 6.66. The van der Waals surface area contributed by atoms with Gasteiger partial charge in [0.1, 0.15) is 5.57 Å². The van der Waals surface area contributed by atoms with Crippen LogP contribution in [0, 0.1) is 0 Å². The van der Waals surface area contributed by atoms with Crippen molar-refractivity contribution in [1.82, 2.24) is 10.3 Å². The molecule has 0 spiro atoms. The Balaban J connectivity index is 1.66. The van der Waals surface area contributed by atoms with Crippen molar-refractivity contribution in [3.05, 3.63) is 107 Å². The summed E-state index contributed by atoms with van der Waals surface area (Å²) in [4.78, 5) is 31.7. The number of rotatable bonds is 5. The molecule has 2 heterocycles. The van der Waals surface area contributed by atoms with Crippen LogP contribution in [0.15, 0.2) is 84.8 Å². The Hall–Kier alpha value is -3.44. The lowest BCUT2D eigenvalue weighted by Crippen LogP contribution is -2.39. The number of ketones is 1. The Bertz CT molecular complexity index is 1080. The fourth-order valence-electron chi connectivity index (χ4n) is 3.24. The van der Waals surface area contributed by atoms with Gasteiger partial charge in [-0.05, 0) is 41.5 Å². The third-order valence-electron chi connectivity index (χ3n) is 4.70. The van der Waals surface area contributed by atoms with Crippen molar-refractivity contribution in [2.45, 2.75) is 13.1 Å².